The molecule has 5 aromatic rings. The van der Waals surface area contributed by atoms with Crippen molar-refractivity contribution in [2.75, 3.05) is 5.32 Å². The average Bonchev–Trinajstić information content (AvgIpc) is 3.66. The van der Waals surface area contributed by atoms with E-state index in [1.165, 1.54) is 12.1 Å². The third kappa shape index (κ3) is 5.42. The van der Waals surface area contributed by atoms with E-state index < -0.39 is 23.9 Å². The molecule has 5 rings (SSSR count). The van der Waals surface area contributed by atoms with Crippen LogP contribution in [0.2, 0.25) is 0 Å². The zero-order valence-electron chi connectivity index (χ0n) is 22.7. The highest BCUT2D eigenvalue weighted by Gasteiger charge is 2.27. The minimum atomic E-state index is -2.86. The Labute approximate surface area is 237 Å². The van der Waals surface area contributed by atoms with Gasteiger partial charge in [0.1, 0.15) is 33.5 Å². The number of ether oxygens (including phenoxy) is 1. The maximum atomic E-state index is 13.8. The number of fused-ring (bicyclic) bond motifs is 1. The van der Waals surface area contributed by atoms with Gasteiger partial charge in [-0.3, -0.25) is 14.3 Å². The summed E-state index contributed by atoms with van der Waals surface area (Å²) < 4.78 is 40.9. The molecule has 0 atom stereocenters. The highest BCUT2D eigenvalue weighted by Crippen LogP contribution is 2.43. The highest BCUT2D eigenvalue weighted by atomic mass is 32.1. The number of hydrogen-bond acceptors (Lipinski definition) is 7. The molecule has 0 saturated carbocycles. The smallest absolute Gasteiger partial charge is 0.291 e. The maximum Gasteiger partial charge on any atom is 0.291 e. The first-order chi connectivity index (χ1) is 19.6. The Balaban J connectivity index is 1.52. The fraction of sp³-hybridized carbons (Fsp3) is 0.241. The molecule has 41 heavy (non-hydrogen) atoms. The minimum absolute atomic E-state index is 0.0286. The van der Waals surface area contributed by atoms with E-state index >= 15 is 0 Å². The van der Waals surface area contributed by atoms with Crippen molar-refractivity contribution in [2.24, 2.45) is 5.73 Å². The Kier molecular flexibility index (Phi) is 7.59. The van der Waals surface area contributed by atoms with Gasteiger partial charge in [0.25, 0.3) is 18.2 Å². The number of primary amides is 1. The minimum Gasteiger partial charge on any atom is -0.485 e. The Morgan fingerprint density at radius 1 is 1.15 bits per heavy atom. The van der Waals surface area contributed by atoms with Gasteiger partial charge in [-0.2, -0.15) is 5.10 Å². The fourth-order valence-corrected chi connectivity index (χ4v) is 5.54. The first-order valence-electron chi connectivity index (χ1n) is 12.8. The number of furan rings is 1. The summed E-state index contributed by atoms with van der Waals surface area (Å²) >= 11 is 0.830. The van der Waals surface area contributed by atoms with Crippen LogP contribution in [0.5, 0.6) is 5.75 Å². The molecule has 0 bridgehead atoms. The Bertz CT molecular complexity index is 1790. The molecule has 0 aliphatic carbocycles. The van der Waals surface area contributed by atoms with Gasteiger partial charge < -0.3 is 20.2 Å². The van der Waals surface area contributed by atoms with Crippen molar-refractivity contribution in [3.63, 3.8) is 0 Å². The summed E-state index contributed by atoms with van der Waals surface area (Å²) in [7, 11) is 0. The Morgan fingerprint density at radius 2 is 1.93 bits per heavy atom. The lowest BCUT2D eigenvalue weighted by atomic mass is 10.0. The van der Waals surface area contributed by atoms with Crippen molar-refractivity contribution in [2.45, 2.75) is 47.3 Å². The summed E-state index contributed by atoms with van der Waals surface area (Å²) in [5.41, 5.74) is 8.89. The number of nitrogens with zero attached hydrogens (tertiary/aromatic N) is 3. The van der Waals surface area contributed by atoms with E-state index in [0.29, 0.717) is 34.6 Å². The number of pyridine rings is 1. The van der Waals surface area contributed by atoms with Gasteiger partial charge in [-0.05, 0) is 68.7 Å². The van der Waals surface area contributed by atoms with Crippen LogP contribution in [-0.4, -0.2) is 26.6 Å². The number of nitrogens with one attached hydrogen (secondary N) is 1. The number of alkyl halides is 2. The summed E-state index contributed by atoms with van der Waals surface area (Å²) in [4.78, 5) is 29.9. The molecule has 0 aliphatic heterocycles. The van der Waals surface area contributed by atoms with Gasteiger partial charge in [-0.25, -0.2) is 13.8 Å². The van der Waals surface area contributed by atoms with Gasteiger partial charge in [-0.1, -0.05) is 12.1 Å². The summed E-state index contributed by atoms with van der Waals surface area (Å²) in [5, 5.41) is 7.36. The quantitative estimate of drug-likeness (QED) is 0.204. The maximum absolute atomic E-state index is 13.8. The molecule has 4 aromatic heterocycles. The summed E-state index contributed by atoms with van der Waals surface area (Å²) in [5.74, 6) is -0.417. The number of benzene rings is 1. The van der Waals surface area contributed by atoms with Crippen LogP contribution in [0, 0.1) is 20.8 Å². The van der Waals surface area contributed by atoms with Crippen LogP contribution in [0.25, 0.3) is 21.3 Å². The number of aryl methyl sites for hydroxylation is 3. The normalized spacial score (nSPS) is 11.4. The van der Waals surface area contributed by atoms with Crippen LogP contribution in [0.15, 0.2) is 47.0 Å². The molecule has 4 heterocycles. The molecule has 3 N–H and O–H groups in total. The number of aromatic nitrogens is 3. The lowest BCUT2D eigenvalue weighted by Crippen LogP contribution is -2.16. The second-order valence-corrected chi connectivity index (χ2v) is 10.5. The topological polar surface area (TPSA) is 125 Å². The summed E-state index contributed by atoms with van der Waals surface area (Å²) in [6, 6.07) is 10.2. The number of carbonyl (C=O) groups excluding carboxylic acids is 2. The molecular formula is C29H27F2N5O4S. The van der Waals surface area contributed by atoms with Crippen LogP contribution >= 0.6 is 11.3 Å². The lowest BCUT2D eigenvalue weighted by molar-refractivity contribution is 0.0992. The third-order valence-electron chi connectivity index (χ3n) is 6.66. The van der Waals surface area contributed by atoms with Gasteiger partial charge in [-0.15, -0.1) is 11.3 Å². The van der Waals surface area contributed by atoms with Crippen molar-refractivity contribution >= 4 is 39.1 Å². The first-order valence-corrected chi connectivity index (χ1v) is 13.6. The first kappa shape index (κ1) is 28.0. The van der Waals surface area contributed by atoms with Crippen molar-refractivity contribution in [3.8, 4) is 16.9 Å². The Morgan fingerprint density at radius 3 is 2.61 bits per heavy atom. The number of nitrogens with two attached hydrogens (primary N) is 1. The van der Waals surface area contributed by atoms with Gasteiger partial charge in [0, 0.05) is 23.2 Å². The van der Waals surface area contributed by atoms with Gasteiger partial charge in [0.15, 0.2) is 5.76 Å². The molecule has 0 radical (unpaired) electrons. The van der Waals surface area contributed by atoms with Crippen LogP contribution in [-0.2, 0) is 13.2 Å². The van der Waals surface area contributed by atoms with Crippen LogP contribution in [0.3, 0.4) is 0 Å². The molecular weight excluding hydrogens is 552 g/mol. The molecule has 9 nitrogen and oxygen atoms in total. The van der Waals surface area contributed by atoms with Crippen molar-refractivity contribution in [1.82, 2.24) is 14.8 Å². The van der Waals surface area contributed by atoms with Crippen LogP contribution in [0.1, 0.15) is 61.9 Å². The van der Waals surface area contributed by atoms with Crippen molar-refractivity contribution < 1.29 is 27.5 Å². The molecule has 0 spiro atoms. The van der Waals surface area contributed by atoms with Gasteiger partial charge in [0.2, 0.25) is 0 Å². The van der Waals surface area contributed by atoms with E-state index in [-0.39, 0.29) is 27.8 Å². The van der Waals surface area contributed by atoms with E-state index in [0.717, 1.165) is 28.2 Å². The molecule has 0 aliphatic rings. The van der Waals surface area contributed by atoms with E-state index in [1.807, 2.05) is 45.9 Å². The molecule has 0 fully saturated rings. The summed E-state index contributed by atoms with van der Waals surface area (Å²) in [6.07, 6.45) is -1.30. The number of amides is 2. The molecule has 12 heteroatoms. The molecule has 2 amide bonds. The SMILES string of the molecule is CCn1ncc(-c2cc(C(F)F)nc3sc(C(N)=O)c(NC(=O)c4ccc(COc5cc(C)ccc5C)o4)c23)c1C. The standard InChI is InChI=1S/C29H27F2N5O4S/c1-5-36-16(4)19(12-33-36)18-11-20(26(30)31)34-29-23(18)24(25(41-29)27(32)37)35-28(38)21-9-8-17(40-21)13-39-22-10-14(2)6-7-15(22)3/h6-12,26H,5,13H2,1-4H3,(H2,32,37)(H,35,38). The highest BCUT2D eigenvalue weighted by molar-refractivity contribution is 7.21. The number of rotatable bonds is 9. The number of hydrogen-bond donors (Lipinski definition) is 2. The van der Waals surface area contributed by atoms with E-state index in [4.69, 9.17) is 14.9 Å². The fourth-order valence-electron chi connectivity index (χ4n) is 4.53. The van der Waals surface area contributed by atoms with Gasteiger partial charge in [0.05, 0.1) is 11.9 Å². The van der Waals surface area contributed by atoms with Crippen LogP contribution < -0.4 is 15.8 Å². The zero-order valence-corrected chi connectivity index (χ0v) is 23.6. The summed E-state index contributed by atoms with van der Waals surface area (Å²) in [6.45, 7) is 8.27. The monoisotopic (exact) mass is 579 g/mol. The van der Waals surface area contributed by atoms with E-state index in [9.17, 15) is 18.4 Å². The predicted molar refractivity (Wildman–Crippen MR) is 152 cm³/mol. The molecule has 0 saturated heterocycles. The third-order valence-corrected chi connectivity index (χ3v) is 7.76. The number of carbonyl (C=O) groups is 2. The van der Waals surface area contributed by atoms with Crippen molar-refractivity contribution in [3.05, 3.63) is 81.5 Å². The molecule has 1 aromatic carbocycles. The zero-order chi connectivity index (χ0) is 29.4. The molecule has 212 valence electrons. The number of anilines is 1. The van der Waals surface area contributed by atoms with Crippen LogP contribution in [0.4, 0.5) is 14.5 Å². The second-order valence-electron chi connectivity index (χ2n) is 9.48. The van der Waals surface area contributed by atoms with E-state index in [2.05, 4.69) is 15.4 Å². The average molecular weight is 580 g/mol. The lowest BCUT2D eigenvalue weighted by Gasteiger charge is -2.11. The number of thiophene rings is 1. The molecule has 0 unspecified atom stereocenters. The van der Waals surface area contributed by atoms with Gasteiger partial charge >= 0.3 is 0 Å². The van der Waals surface area contributed by atoms with E-state index in [1.54, 1.807) is 16.9 Å². The largest absolute Gasteiger partial charge is 0.485 e. The number of halogens is 2. The van der Waals surface area contributed by atoms with Crippen molar-refractivity contribution in [1.29, 1.82) is 0 Å². The second kappa shape index (κ2) is 11.1. The Hall–Kier alpha value is -4.58. The predicted octanol–water partition coefficient (Wildman–Crippen LogP) is 6.57.